The van der Waals surface area contributed by atoms with E-state index in [2.05, 4.69) is 17.4 Å². The van der Waals surface area contributed by atoms with Gasteiger partial charge in [0.25, 0.3) is 11.8 Å². The summed E-state index contributed by atoms with van der Waals surface area (Å²) in [6.07, 6.45) is 5.91. The molecule has 0 aromatic heterocycles. The normalized spacial score (nSPS) is 18.2. The zero-order valence-corrected chi connectivity index (χ0v) is 27.6. The molecule has 49 heavy (non-hydrogen) atoms. The van der Waals surface area contributed by atoms with Crippen LogP contribution in [0.3, 0.4) is 0 Å². The first-order valence-electron chi connectivity index (χ1n) is 16.8. The van der Waals surface area contributed by atoms with Gasteiger partial charge in [0.1, 0.15) is 0 Å². The first kappa shape index (κ1) is 30.8. The number of aliphatic imine (C=N–C) groups is 1. The van der Waals surface area contributed by atoms with Gasteiger partial charge in [-0.3, -0.25) is 19.5 Å². The van der Waals surface area contributed by atoms with Crippen LogP contribution in [0.2, 0.25) is 0 Å². The number of carbonyl (C=O) groups is 2. The first-order valence-corrected chi connectivity index (χ1v) is 16.8. The molecule has 0 radical (unpaired) electrons. The molecule has 0 aliphatic carbocycles. The molecule has 0 saturated carbocycles. The van der Waals surface area contributed by atoms with Crippen LogP contribution >= 0.6 is 0 Å². The van der Waals surface area contributed by atoms with Gasteiger partial charge in [-0.1, -0.05) is 36.4 Å². The number of nitrogens with one attached hydrogen (secondary N) is 1. The molecule has 10 heteroatoms. The zero-order valence-electron chi connectivity index (χ0n) is 27.6. The number of fused-ring (bicyclic) bond motifs is 8. The summed E-state index contributed by atoms with van der Waals surface area (Å²) in [5.41, 5.74) is 6.66. The number of hydrogen-bond donors (Lipinski definition) is 1. The maximum absolute atomic E-state index is 13.7. The van der Waals surface area contributed by atoms with Crippen LogP contribution in [0.4, 0.5) is 22.7 Å². The highest BCUT2D eigenvalue weighted by molar-refractivity contribution is 6.15. The summed E-state index contributed by atoms with van der Waals surface area (Å²) in [7, 11) is 3.17. The van der Waals surface area contributed by atoms with Crippen LogP contribution in [-0.2, 0) is 12.8 Å². The molecule has 4 aliphatic heterocycles. The SMILES string of the molecule is COc1cc2c(cc1OCCCCCOc1cc3c(cc1OC)C(=O)N1c4ccccc4C[C@H]1CN3)N=C[C@@H]1Cc3ccccc3N1C2=O. The number of ether oxygens (including phenoxy) is 4. The van der Waals surface area contributed by atoms with E-state index in [9.17, 15) is 9.59 Å². The van der Waals surface area contributed by atoms with Gasteiger partial charge in [-0.2, -0.15) is 0 Å². The van der Waals surface area contributed by atoms with E-state index in [0.29, 0.717) is 59.6 Å². The Bertz CT molecular complexity index is 1980. The second-order valence-electron chi connectivity index (χ2n) is 12.7. The van der Waals surface area contributed by atoms with Crippen LogP contribution in [-0.4, -0.2) is 64.1 Å². The minimum atomic E-state index is -0.115. The number of benzene rings is 4. The molecule has 0 spiro atoms. The molecular formula is C39H38N4O6. The Balaban J connectivity index is 0.866. The summed E-state index contributed by atoms with van der Waals surface area (Å²) >= 11 is 0. The fourth-order valence-corrected chi connectivity index (χ4v) is 7.35. The number of amides is 2. The third kappa shape index (κ3) is 5.50. The molecule has 10 nitrogen and oxygen atoms in total. The van der Waals surface area contributed by atoms with Crippen molar-refractivity contribution >= 4 is 40.8 Å². The van der Waals surface area contributed by atoms with Crippen molar-refractivity contribution in [2.75, 3.05) is 49.1 Å². The Morgan fingerprint density at radius 3 is 2.04 bits per heavy atom. The van der Waals surface area contributed by atoms with E-state index in [1.165, 1.54) is 5.56 Å². The smallest absolute Gasteiger partial charge is 0.261 e. The molecule has 250 valence electrons. The molecule has 0 unspecified atom stereocenters. The number of hydrogen-bond acceptors (Lipinski definition) is 8. The van der Waals surface area contributed by atoms with Crippen molar-refractivity contribution in [2.24, 2.45) is 4.99 Å². The van der Waals surface area contributed by atoms with E-state index in [4.69, 9.17) is 23.9 Å². The van der Waals surface area contributed by atoms with Crippen LogP contribution < -0.4 is 34.1 Å². The van der Waals surface area contributed by atoms with Gasteiger partial charge in [0, 0.05) is 42.7 Å². The average molecular weight is 659 g/mol. The minimum Gasteiger partial charge on any atom is -0.493 e. The fraction of sp³-hybridized carbons (Fsp3) is 0.308. The summed E-state index contributed by atoms with van der Waals surface area (Å²) in [5.74, 6) is 2.08. The summed E-state index contributed by atoms with van der Waals surface area (Å²) < 4.78 is 23.6. The number of methoxy groups -OCH3 is 2. The van der Waals surface area contributed by atoms with Crippen molar-refractivity contribution in [3.05, 3.63) is 95.1 Å². The standard InChI is InChI=1S/C39H38N4O6/c1-46-34-18-28-30(40-22-26-16-24-10-4-6-12-32(24)42(26)38(28)44)20-36(34)48-14-8-3-9-15-49-37-21-31-29(19-35(37)47-2)39(45)43-27(23-41-31)17-25-11-5-7-13-33(25)43/h4-7,10-13,18-22,26-27,41H,3,8-9,14-17,23H2,1-2H3/t26-,27-/m0/s1. The third-order valence-corrected chi connectivity index (χ3v) is 9.79. The Kier molecular flexibility index (Phi) is 8.07. The lowest BCUT2D eigenvalue weighted by Crippen LogP contribution is -2.39. The highest BCUT2D eigenvalue weighted by atomic mass is 16.5. The van der Waals surface area contributed by atoms with E-state index in [-0.39, 0.29) is 23.9 Å². The van der Waals surface area contributed by atoms with Gasteiger partial charge in [0.05, 0.1) is 62.0 Å². The van der Waals surface area contributed by atoms with Gasteiger partial charge in [-0.25, -0.2) is 0 Å². The van der Waals surface area contributed by atoms with Gasteiger partial charge in [0.2, 0.25) is 0 Å². The molecular weight excluding hydrogens is 620 g/mol. The second kappa shape index (κ2) is 12.8. The number of rotatable bonds is 10. The number of nitrogens with zero attached hydrogens (tertiary/aromatic N) is 3. The highest BCUT2D eigenvalue weighted by Gasteiger charge is 2.38. The molecule has 8 rings (SSSR count). The number of unbranched alkanes of at least 4 members (excludes halogenated alkanes) is 2. The van der Waals surface area contributed by atoms with Crippen molar-refractivity contribution in [3.8, 4) is 23.0 Å². The van der Waals surface area contributed by atoms with E-state index in [0.717, 1.165) is 54.7 Å². The number of carbonyl (C=O) groups excluding carboxylic acids is 2. The molecule has 4 aromatic carbocycles. The van der Waals surface area contributed by atoms with Crippen LogP contribution in [0.5, 0.6) is 23.0 Å². The Labute approximate surface area is 285 Å². The first-order chi connectivity index (χ1) is 24.0. The Hall–Kier alpha value is -5.51. The molecule has 2 amide bonds. The van der Waals surface area contributed by atoms with Crippen LogP contribution in [0.25, 0.3) is 0 Å². The number of anilines is 3. The molecule has 4 heterocycles. The van der Waals surface area contributed by atoms with Crippen LogP contribution in [0.15, 0.2) is 77.8 Å². The molecule has 0 saturated heterocycles. The number of para-hydroxylation sites is 2. The second-order valence-corrected chi connectivity index (χ2v) is 12.7. The van der Waals surface area contributed by atoms with E-state index in [1.54, 1.807) is 32.4 Å². The third-order valence-electron chi connectivity index (χ3n) is 9.79. The molecule has 0 fully saturated rings. The van der Waals surface area contributed by atoms with Crippen molar-refractivity contribution in [2.45, 2.75) is 44.2 Å². The summed E-state index contributed by atoms with van der Waals surface area (Å²) in [4.78, 5) is 35.8. The van der Waals surface area contributed by atoms with Crippen molar-refractivity contribution < 1.29 is 28.5 Å². The van der Waals surface area contributed by atoms with E-state index >= 15 is 0 Å². The quantitative estimate of drug-likeness (QED) is 0.191. The van der Waals surface area contributed by atoms with Crippen molar-refractivity contribution in [1.29, 1.82) is 0 Å². The lowest BCUT2D eigenvalue weighted by molar-refractivity contribution is 0.0977. The summed E-state index contributed by atoms with van der Waals surface area (Å²) in [6, 6.07) is 23.2. The van der Waals surface area contributed by atoms with Crippen molar-refractivity contribution in [3.63, 3.8) is 0 Å². The fourth-order valence-electron chi connectivity index (χ4n) is 7.35. The van der Waals surface area contributed by atoms with Gasteiger partial charge in [-0.05, 0) is 61.1 Å². The van der Waals surface area contributed by atoms with E-state index in [1.807, 2.05) is 58.5 Å². The predicted molar refractivity (Wildman–Crippen MR) is 189 cm³/mol. The maximum Gasteiger partial charge on any atom is 0.261 e. The Morgan fingerprint density at radius 1 is 0.714 bits per heavy atom. The maximum atomic E-state index is 13.7. The lowest BCUT2D eigenvalue weighted by atomic mass is 10.1. The van der Waals surface area contributed by atoms with E-state index < -0.39 is 0 Å². The molecule has 4 aliphatic rings. The monoisotopic (exact) mass is 658 g/mol. The van der Waals surface area contributed by atoms with Gasteiger partial charge >= 0.3 is 0 Å². The summed E-state index contributed by atoms with van der Waals surface area (Å²) in [6.45, 7) is 1.62. The summed E-state index contributed by atoms with van der Waals surface area (Å²) in [5, 5.41) is 3.48. The van der Waals surface area contributed by atoms with Gasteiger partial charge in [-0.15, -0.1) is 0 Å². The van der Waals surface area contributed by atoms with Crippen LogP contribution in [0, 0.1) is 0 Å². The molecule has 2 atom stereocenters. The van der Waals surface area contributed by atoms with Gasteiger partial charge < -0.3 is 29.2 Å². The highest BCUT2D eigenvalue weighted by Crippen LogP contribution is 2.42. The molecule has 0 bridgehead atoms. The largest absolute Gasteiger partial charge is 0.493 e. The molecule has 4 aromatic rings. The Morgan fingerprint density at radius 2 is 1.33 bits per heavy atom. The average Bonchev–Trinajstić information content (AvgIpc) is 3.62. The lowest BCUT2D eigenvalue weighted by Gasteiger charge is -2.22. The molecule has 1 N–H and O–H groups in total. The minimum absolute atomic E-state index is 0.0320. The predicted octanol–water partition coefficient (Wildman–Crippen LogP) is 6.62. The van der Waals surface area contributed by atoms with Crippen molar-refractivity contribution in [1.82, 2.24) is 0 Å². The van der Waals surface area contributed by atoms with Crippen LogP contribution in [0.1, 0.15) is 51.1 Å². The van der Waals surface area contributed by atoms with Gasteiger partial charge in [0.15, 0.2) is 23.0 Å². The zero-order chi connectivity index (χ0) is 33.5. The topological polar surface area (TPSA) is 102 Å².